The van der Waals surface area contributed by atoms with Crippen LogP contribution in [-0.4, -0.2) is 53.2 Å². The van der Waals surface area contributed by atoms with Crippen molar-refractivity contribution in [1.29, 1.82) is 0 Å². The fourth-order valence-corrected chi connectivity index (χ4v) is 3.68. The van der Waals surface area contributed by atoms with Crippen LogP contribution in [0.4, 0.5) is 0 Å². The van der Waals surface area contributed by atoms with Gasteiger partial charge in [0.2, 0.25) is 0 Å². The van der Waals surface area contributed by atoms with Crippen LogP contribution in [0, 0.1) is 12.8 Å². The summed E-state index contributed by atoms with van der Waals surface area (Å²) in [6.07, 6.45) is 4.43. The zero-order valence-corrected chi connectivity index (χ0v) is 18.1. The van der Waals surface area contributed by atoms with Crippen molar-refractivity contribution >= 4 is 5.91 Å². The molecule has 0 bridgehead atoms. The summed E-state index contributed by atoms with van der Waals surface area (Å²) in [7, 11) is 0. The summed E-state index contributed by atoms with van der Waals surface area (Å²) in [5.41, 5.74) is 1.59. The maximum absolute atomic E-state index is 13.0. The molecule has 1 unspecified atom stereocenters. The number of hydrogen-bond acceptors (Lipinski definition) is 5. The second-order valence-corrected chi connectivity index (χ2v) is 8.18. The van der Waals surface area contributed by atoms with Crippen molar-refractivity contribution < 1.29 is 9.53 Å². The first kappa shape index (κ1) is 22.2. The van der Waals surface area contributed by atoms with E-state index >= 15 is 0 Å². The number of ether oxygens (including phenoxy) is 1. The molecule has 3 heterocycles. The number of amides is 1. The van der Waals surface area contributed by atoms with Gasteiger partial charge in [-0.25, -0.2) is 0 Å². The Morgan fingerprint density at radius 2 is 2.00 bits per heavy atom. The molecule has 3 rings (SSSR count). The van der Waals surface area contributed by atoms with Gasteiger partial charge in [0.15, 0.2) is 0 Å². The first-order valence-corrected chi connectivity index (χ1v) is 10.7. The van der Waals surface area contributed by atoms with E-state index in [2.05, 4.69) is 29.0 Å². The number of pyridine rings is 2. The second-order valence-electron chi connectivity index (χ2n) is 8.18. The number of aryl methyl sites for hydroxylation is 2. The molecule has 7 nitrogen and oxygen atoms in total. The van der Waals surface area contributed by atoms with Crippen molar-refractivity contribution in [2.24, 2.45) is 5.92 Å². The van der Waals surface area contributed by atoms with Crippen molar-refractivity contribution in [3.63, 3.8) is 0 Å². The third kappa shape index (κ3) is 5.55. The van der Waals surface area contributed by atoms with E-state index in [0.29, 0.717) is 37.8 Å². The lowest BCUT2D eigenvalue weighted by Gasteiger charge is -2.34. The number of nitrogens with zero attached hydrogens (tertiary/aromatic N) is 3. The van der Waals surface area contributed by atoms with Gasteiger partial charge in [-0.1, -0.05) is 19.9 Å². The fourth-order valence-electron chi connectivity index (χ4n) is 3.68. The number of hydrogen-bond donors (Lipinski definition) is 1. The highest BCUT2D eigenvalue weighted by Gasteiger charge is 2.25. The van der Waals surface area contributed by atoms with E-state index in [9.17, 15) is 9.59 Å². The highest BCUT2D eigenvalue weighted by Crippen LogP contribution is 2.19. The van der Waals surface area contributed by atoms with E-state index in [0.717, 1.165) is 25.2 Å². The summed E-state index contributed by atoms with van der Waals surface area (Å²) in [6.45, 7) is 9.93. The van der Waals surface area contributed by atoms with Gasteiger partial charge in [-0.05, 0) is 43.0 Å². The first-order chi connectivity index (χ1) is 14.5. The number of carbonyl (C=O) groups excluding carboxylic acids is 1. The Hall–Kier alpha value is -2.51. The van der Waals surface area contributed by atoms with Crippen LogP contribution in [0.15, 0.2) is 41.5 Å². The molecule has 0 radical (unpaired) electrons. The van der Waals surface area contributed by atoms with E-state index in [1.807, 2.05) is 24.3 Å². The van der Waals surface area contributed by atoms with Crippen molar-refractivity contribution in [3.8, 4) is 0 Å². The number of morpholine rings is 1. The van der Waals surface area contributed by atoms with Crippen LogP contribution in [0.25, 0.3) is 0 Å². The minimum atomic E-state index is -0.328. The highest BCUT2D eigenvalue weighted by molar-refractivity contribution is 5.95. The minimum absolute atomic E-state index is 0.0637. The van der Waals surface area contributed by atoms with Gasteiger partial charge in [-0.15, -0.1) is 0 Å². The SMILES string of the molecule is Cc1ccn(CCC(C)C)c(=O)c1C(=O)NCC(c1ccccn1)N1CCOCC1. The quantitative estimate of drug-likeness (QED) is 0.721. The minimum Gasteiger partial charge on any atom is -0.379 e. The maximum Gasteiger partial charge on any atom is 0.263 e. The lowest BCUT2D eigenvalue weighted by atomic mass is 10.1. The Balaban J connectivity index is 1.77. The first-order valence-electron chi connectivity index (χ1n) is 10.7. The van der Waals surface area contributed by atoms with E-state index in [4.69, 9.17) is 4.74 Å². The molecule has 1 fully saturated rings. The van der Waals surface area contributed by atoms with Gasteiger partial charge in [0.25, 0.3) is 11.5 Å². The lowest BCUT2D eigenvalue weighted by Crippen LogP contribution is -2.45. The predicted octanol–water partition coefficient (Wildman–Crippen LogP) is 2.40. The third-order valence-electron chi connectivity index (χ3n) is 5.52. The predicted molar refractivity (Wildman–Crippen MR) is 117 cm³/mol. The summed E-state index contributed by atoms with van der Waals surface area (Å²) >= 11 is 0. The smallest absolute Gasteiger partial charge is 0.263 e. The molecule has 30 heavy (non-hydrogen) atoms. The molecule has 2 aromatic heterocycles. The Labute approximate surface area is 178 Å². The molecule has 1 amide bonds. The van der Waals surface area contributed by atoms with E-state index in [1.54, 1.807) is 23.9 Å². The van der Waals surface area contributed by atoms with Gasteiger partial charge < -0.3 is 14.6 Å². The lowest BCUT2D eigenvalue weighted by molar-refractivity contribution is 0.0154. The Morgan fingerprint density at radius 3 is 2.67 bits per heavy atom. The number of nitrogens with one attached hydrogen (secondary N) is 1. The molecular formula is C23H32N4O3. The van der Waals surface area contributed by atoms with Gasteiger partial charge in [0, 0.05) is 38.6 Å². The summed E-state index contributed by atoms with van der Waals surface area (Å²) in [6, 6.07) is 7.58. The summed E-state index contributed by atoms with van der Waals surface area (Å²) in [5, 5.41) is 2.99. The van der Waals surface area contributed by atoms with Crippen LogP contribution in [0.3, 0.4) is 0 Å². The van der Waals surface area contributed by atoms with E-state index in [1.165, 1.54) is 0 Å². The topological polar surface area (TPSA) is 76.5 Å². The third-order valence-corrected chi connectivity index (χ3v) is 5.52. The average molecular weight is 413 g/mol. The largest absolute Gasteiger partial charge is 0.379 e. The molecule has 1 saturated heterocycles. The zero-order chi connectivity index (χ0) is 21.5. The molecule has 1 aliphatic rings. The second kappa shape index (κ2) is 10.5. The molecule has 1 atom stereocenters. The summed E-state index contributed by atoms with van der Waals surface area (Å²) < 4.78 is 7.11. The molecule has 1 N–H and O–H groups in total. The van der Waals surface area contributed by atoms with Gasteiger partial charge in [-0.2, -0.15) is 0 Å². The van der Waals surface area contributed by atoms with Gasteiger partial charge in [0.05, 0.1) is 24.9 Å². The number of carbonyl (C=O) groups is 1. The van der Waals surface area contributed by atoms with Gasteiger partial charge in [-0.3, -0.25) is 19.5 Å². The maximum atomic E-state index is 13.0. The van der Waals surface area contributed by atoms with Crippen LogP contribution < -0.4 is 10.9 Å². The molecule has 0 aromatic carbocycles. The van der Waals surface area contributed by atoms with E-state index < -0.39 is 0 Å². The number of aromatic nitrogens is 2. The van der Waals surface area contributed by atoms with Crippen LogP contribution in [0.1, 0.15) is 47.9 Å². The molecule has 0 saturated carbocycles. The molecule has 0 aliphatic carbocycles. The van der Waals surface area contributed by atoms with Crippen LogP contribution in [0.2, 0.25) is 0 Å². The standard InChI is InChI=1S/C23H32N4O3/c1-17(2)7-10-27-11-8-18(3)21(23(27)29)22(28)25-16-20(19-6-4-5-9-24-19)26-12-14-30-15-13-26/h4-6,8-9,11,17,20H,7,10,12-16H2,1-3H3,(H,25,28). The molecule has 1 aliphatic heterocycles. The Bertz CT molecular complexity index is 889. The van der Waals surface area contributed by atoms with Gasteiger partial charge in [0.1, 0.15) is 5.56 Å². The van der Waals surface area contributed by atoms with Crippen LogP contribution in [0.5, 0.6) is 0 Å². The molecule has 162 valence electrons. The van der Waals surface area contributed by atoms with Crippen LogP contribution in [-0.2, 0) is 11.3 Å². The van der Waals surface area contributed by atoms with E-state index in [-0.39, 0.29) is 23.1 Å². The average Bonchev–Trinajstić information content (AvgIpc) is 2.75. The molecular weight excluding hydrogens is 380 g/mol. The normalized spacial score (nSPS) is 15.9. The zero-order valence-electron chi connectivity index (χ0n) is 18.1. The fraction of sp³-hybridized carbons (Fsp3) is 0.522. The van der Waals surface area contributed by atoms with Crippen molar-refractivity contribution in [2.45, 2.75) is 39.8 Å². The van der Waals surface area contributed by atoms with Crippen molar-refractivity contribution in [3.05, 3.63) is 63.8 Å². The molecule has 7 heteroatoms. The van der Waals surface area contributed by atoms with Crippen molar-refractivity contribution in [2.75, 3.05) is 32.8 Å². The summed E-state index contributed by atoms with van der Waals surface area (Å²) in [4.78, 5) is 32.7. The van der Waals surface area contributed by atoms with Crippen LogP contribution >= 0.6 is 0 Å². The Morgan fingerprint density at radius 1 is 1.23 bits per heavy atom. The summed E-state index contributed by atoms with van der Waals surface area (Å²) in [5.74, 6) is 0.161. The monoisotopic (exact) mass is 412 g/mol. The molecule has 0 spiro atoms. The van der Waals surface area contributed by atoms with Gasteiger partial charge >= 0.3 is 0 Å². The number of rotatable bonds is 8. The molecule has 2 aromatic rings. The Kier molecular flexibility index (Phi) is 7.76. The van der Waals surface area contributed by atoms with Crippen molar-refractivity contribution in [1.82, 2.24) is 19.8 Å². The highest BCUT2D eigenvalue weighted by atomic mass is 16.5.